The fourth-order valence-corrected chi connectivity index (χ4v) is 6.90. The van der Waals surface area contributed by atoms with Crippen LogP contribution in [0.3, 0.4) is 0 Å². The number of pyridine rings is 1. The monoisotopic (exact) mass is 491 g/mol. The first-order valence-corrected chi connectivity index (χ1v) is 13.7. The first kappa shape index (κ1) is 22.6. The molecule has 0 N–H and O–H groups in total. The lowest BCUT2D eigenvalue weighted by Gasteiger charge is -2.46. The van der Waals surface area contributed by atoms with E-state index < -0.39 is 15.6 Å². The SMILES string of the molecule is Cc1c(-c2ccc(S(=O)(=O)N3CCC4(CC3)CN(C3CC3)C(=O)CO4)cc2)ccc2cccnc12. The van der Waals surface area contributed by atoms with E-state index in [-0.39, 0.29) is 12.5 Å². The highest BCUT2D eigenvalue weighted by Gasteiger charge is 2.47. The summed E-state index contributed by atoms with van der Waals surface area (Å²) < 4.78 is 34.3. The molecule has 0 bridgehead atoms. The van der Waals surface area contributed by atoms with Crippen molar-refractivity contribution < 1.29 is 17.9 Å². The number of aryl methyl sites for hydroxylation is 1. The van der Waals surface area contributed by atoms with Crippen molar-refractivity contribution in [2.45, 2.75) is 49.1 Å². The zero-order valence-electron chi connectivity index (χ0n) is 19.8. The molecular formula is C27H29N3O4S. The van der Waals surface area contributed by atoms with E-state index in [1.54, 1.807) is 22.6 Å². The van der Waals surface area contributed by atoms with Gasteiger partial charge in [-0.25, -0.2) is 8.42 Å². The number of morpholine rings is 1. The zero-order valence-corrected chi connectivity index (χ0v) is 20.6. The van der Waals surface area contributed by atoms with Gasteiger partial charge in [0.25, 0.3) is 0 Å². The summed E-state index contributed by atoms with van der Waals surface area (Å²) in [6.07, 6.45) is 5.12. The van der Waals surface area contributed by atoms with Crippen LogP contribution >= 0.6 is 0 Å². The summed E-state index contributed by atoms with van der Waals surface area (Å²) in [7, 11) is -3.60. The molecule has 1 aromatic heterocycles. The highest BCUT2D eigenvalue weighted by atomic mass is 32.2. The molecule has 182 valence electrons. The van der Waals surface area contributed by atoms with Crippen molar-refractivity contribution in [1.82, 2.24) is 14.2 Å². The molecule has 3 aromatic rings. The average molecular weight is 492 g/mol. The summed E-state index contributed by atoms with van der Waals surface area (Å²) >= 11 is 0. The summed E-state index contributed by atoms with van der Waals surface area (Å²) in [6.45, 7) is 3.52. The van der Waals surface area contributed by atoms with E-state index in [9.17, 15) is 13.2 Å². The van der Waals surface area contributed by atoms with Gasteiger partial charge in [-0.2, -0.15) is 4.31 Å². The number of nitrogens with zero attached hydrogens (tertiary/aromatic N) is 3. The lowest BCUT2D eigenvalue weighted by Crippen LogP contribution is -2.59. The van der Waals surface area contributed by atoms with E-state index in [0.717, 1.165) is 40.4 Å². The first-order chi connectivity index (χ1) is 16.9. The molecule has 0 unspecified atom stereocenters. The van der Waals surface area contributed by atoms with Crippen LogP contribution in [-0.4, -0.2) is 66.4 Å². The molecule has 2 aliphatic heterocycles. The third-order valence-electron chi connectivity index (χ3n) is 7.73. The lowest BCUT2D eigenvalue weighted by molar-refractivity contribution is -0.170. The number of piperidine rings is 1. The quantitative estimate of drug-likeness (QED) is 0.555. The van der Waals surface area contributed by atoms with Gasteiger partial charge in [0.05, 0.1) is 22.6 Å². The minimum absolute atomic E-state index is 0.0608. The molecule has 2 saturated heterocycles. The van der Waals surface area contributed by atoms with Crippen LogP contribution in [0.15, 0.2) is 59.6 Å². The standard InChI is InChI=1S/C27H29N3O4S/c1-19-24(11-6-21-3-2-14-28-26(19)21)20-4-9-23(10-5-20)35(32,33)29-15-12-27(13-16-29)18-30(22-7-8-22)25(31)17-34-27/h2-6,9-11,14,22H,7-8,12-13,15-18H2,1H3. The van der Waals surface area contributed by atoms with Gasteiger partial charge in [0.2, 0.25) is 15.9 Å². The molecule has 0 radical (unpaired) electrons. The number of hydrogen-bond donors (Lipinski definition) is 0. The summed E-state index contributed by atoms with van der Waals surface area (Å²) in [5.74, 6) is 0.0608. The Morgan fingerprint density at radius 2 is 1.77 bits per heavy atom. The Morgan fingerprint density at radius 3 is 2.49 bits per heavy atom. The molecule has 3 heterocycles. The van der Waals surface area contributed by atoms with Crippen LogP contribution in [0.25, 0.3) is 22.0 Å². The largest absolute Gasteiger partial charge is 0.363 e. The van der Waals surface area contributed by atoms with Gasteiger partial charge in [-0.1, -0.05) is 30.3 Å². The lowest BCUT2D eigenvalue weighted by atomic mass is 9.90. The van der Waals surface area contributed by atoms with Crippen LogP contribution < -0.4 is 0 Å². The molecule has 6 rings (SSSR count). The van der Waals surface area contributed by atoms with E-state index in [1.807, 2.05) is 42.2 Å². The Kier molecular flexibility index (Phi) is 5.43. The second kappa shape index (κ2) is 8.40. The highest BCUT2D eigenvalue weighted by Crippen LogP contribution is 2.37. The number of carbonyl (C=O) groups is 1. The van der Waals surface area contributed by atoms with Crippen molar-refractivity contribution in [3.8, 4) is 11.1 Å². The molecule has 35 heavy (non-hydrogen) atoms. The highest BCUT2D eigenvalue weighted by molar-refractivity contribution is 7.89. The smallest absolute Gasteiger partial charge is 0.248 e. The summed E-state index contributed by atoms with van der Waals surface area (Å²) in [5, 5.41) is 1.09. The first-order valence-electron chi connectivity index (χ1n) is 12.2. The topological polar surface area (TPSA) is 79.8 Å². The molecule has 1 amide bonds. The summed E-state index contributed by atoms with van der Waals surface area (Å²) in [5.41, 5.74) is 3.62. The van der Waals surface area contributed by atoms with Gasteiger partial charge in [0, 0.05) is 30.7 Å². The van der Waals surface area contributed by atoms with Gasteiger partial charge in [-0.3, -0.25) is 9.78 Å². The molecule has 1 aliphatic carbocycles. The number of aromatic nitrogens is 1. The van der Waals surface area contributed by atoms with Gasteiger partial charge in [-0.15, -0.1) is 0 Å². The molecule has 2 aromatic carbocycles. The molecule has 1 saturated carbocycles. The van der Waals surface area contributed by atoms with E-state index in [1.165, 1.54) is 0 Å². The number of fused-ring (bicyclic) bond motifs is 1. The Morgan fingerprint density at radius 1 is 1.03 bits per heavy atom. The predicted octanol–water partition coefficient (Wildman–Crippen LogP) is 3.75. The molecule has 8 heteroatoms. The van der Waals surface area contributed by atoms with Crippen LogP contribution in [-0.2, 0) is 19.6 Å². The molecule has 0 atom stereocenters. The molecule has 3 fully saturated rings. The van der Waals surface area contributed by atoms with Gasteiger partial charge >= 0.3 is 0 Å². The van der Waals surface area contributed by atoms with Crippen LogP contribution in [0.5, 0.6) is 0 Å². The number of hydrogen-bond acceptors (Lipinski definition) is 5. The minimum Gasteiger partial charge on any atom is -0.363 e. The number of rotatable bonds is 4. The molecule has 3 aliphatic rings. The van der Waals surface area contributed by atoms with Gasteiger partial charge < -0.3 is 9.64 Å². The second-order valence-corrected chi connectivity index (χ2v) is 11.9. The minimum atomic E-state index is -3.60. The fraction of sp³-hybridized carbons (Fsp3) is 0.407. The molecule has 7 nitrogen and oxygen atoms in total. The van der Waals surface area contributed by atoms with Gasteiger partial charge in [0.15, 0.2) is 0 Å². The Labute approximate surface area is 205 Å². The second-order valence-electron chi connectivity index (χ2n) is 9.97. The molecular weight excluding hydrogens is 462 g/mol. The number of amides is 1. The van der Waals surface area contributed by atoms with Crippen molar-refractivity contribution in [3.63, 3.8) is 0 Å². The Bertz CT molecular complexity index is 1390. The van der Waals surface area contributed by atoms with Crippen LogP contribution in [0.2, 0.25) is 0 Å². The van der Waals surface area contributed by atoms with Crippen molar-refractivity contribution in [2.24, 2.45) is 0 Å². The zero-order chi connectivity index (χ0) is 24.2. The number of ether oxygens (including phenoxy) is 1. The average Bonchev–Trinajstić information content (AvgIpc) is 3.72. The van der Waals surface area contributed by atoms with Crippen LogP contribution in [0, 0.1) is 6.92 Å². The maximum Gasteiger partial charge on any atom is 0.248 e. The number of benzene rings is 2. The van der Waals surface area contributed by atoms with Crippen molar-refractivity contribution in [2.75, 3.05) is 26.2 Å². The van der Waals surface area contributed by atoms with Crippen LogP contribution in [0.4, 0.5) is 0 Å². The molecule has 1 spiro atoms. The summed E-state index contributed by atoms with van der Waals surface area (Å²) in [4.78, 5) is 19.0. The Balaban J connectivity index is 1.18. The van der Waals surface area contributed by atoms with Crippen LogP contribution in [0.1, 0.15) is 31.2 Å². The van der Waals surface area contributed by atoms with E-state index in [2.05, 4.69) is 11.1 Å². The summed E-state index contributed by atoms with van der Waals surface area (Å²) in [6, 6.07) is 15.6. The predicted molar refractivity (Wildman–Crippen MR) is 133 cm³/mol. The van der Waals surface area contributed by atoms with Crippen molar-refractivity contribution in [1.29, 1.82) is 0 Å². The maximum absolute atomic E-state index is 13.4. The van der Waals surface area contributed by atoms with Crippen molar-refractivity contribution in [3.05, 3.63) is 60.3 Å². The van der Waals surface area contributed by atoms with E-state index in [0.29, 0.717) is 43.4 Å². The van der Waals surface area contributed by atoms with Crippen molar-refractivity contribution >= 4 is 26.8 Å². The van der Waals surface area contributed by atoms with Gasteiger partial charge in [-0.05, 0) is 67.5 Å². The third-order valence-corrected chi connectivity index (χ3v) is 9.65. The van der Waals surface area contributed by atoms with Gasteiger partial charge in [0.1, 0.15) is 6.61 Å². The normalized spacial score (nSPS) is 21.1. The Hall–Kier alpha value is -2.81. The maximum atomic E-state index is 13.4. The van der Waals surface area contributed by atoms with E-state index in [4.69, 9.17) is 4.74 Å². The third kappa shape index (κ3) is 4.03. The fourth-order valence-electron chi connectivity index (χ4n) is 5.46. The number of sulfonamides is 1. The number of carbonyl (C=O) groups excluding carboxylic acids is 1. The van der Waals surface area contributed by atoms with E-state index >= 15 is 0 Å².